The molecule has 8 heteroatoms. The first kappa shape index (κ1) is 19.3. The van der Waals surface area contributed by atoms with Crippen LogP contribution in [-0.4, -0.2) is 62.4 Å². The van der Waals surface area contributed by atoms with Gasteiger partial charge in [-0.1, -0.05) is 12.1 Å². The molecule has 0 bridgehead atoms. The zero-order valence-corrected chi connectivity index (χ0v) is 16.0. The van der Waals surface area contributed by atoms with Gasteiger partial charge in [0.05, 0.1) is 17.1 Å². The molecule has 1 aliphatic rings. The Balaban J connectivity index is 1.57. The number of sulfone groups is 1. The van der Waals surface area contributed by atoms with Crippen LogP contribution in [0.25, 0.3) is 0 Å². The quantitative estimate of drug-likeness (QED) is 0.777. The summed E-state index contributed by atoms with van der Waals surface area (Å²) in [6, 6.07) is 9.90. The molecule has 0 saturated carbocycles. The summed E-state index contributed by atoms with van der Waals surface area (Å²) in [5, 5.41) is 0. The normalized spacial score (nSPS) is 16.1. The van der Waals surface area contributed by atoms with Crippen molar-refractivity contribution in [2.24, 2.45) is 0 Å². The van der Waals surface area contributed by atoms with Crippen LogP contribution in [0.3, 0.4) is 0 Å². The molecule has 0 N–H and O–H groups in total. The molecule has 0 radical (unpaired) electrons. The molecule has 144 valence electrons. The molecule has 3 rings (SSSR count). The van der Waals surface area contributed by atoms with Gasteiger partial charge >= 0.3 is 0 Å². The summed E-state index contributed by atoms with van der Waals surface area (Å²) < 4.78 is 35.9. The lowest BCUT2D eigenvalue weighted by molar-refractivity contribution is 0.0770. The van der Waals surface area contributed by atoms with Crippen molar-refractivity contribution in [3.8, 4) is 0 Å². The smallest absolute Gasteiger partial charge is 0.255 e. The summed E-state index contributed by atoms with van der Waals surface area (Å²) >= 11 is 0. The van der Waals surface area contributed by atoms with Crippen molar-refractivity contribution >= 4 is 21.6 Å². The maximum absolute atomic E-state index is 12.9. The molecular weight excluding hydrogens is 369 g/mol. The van der Waals surface area contributed by atoms with E-state index < -0.39 is 9.84 Å². The Labute approximate surface area is 158 Å². The van der Waals surface area contributed by atoms with E-state index in [1.807, 2.05) is 11.9 Å². The minimum Gasteiger partial charge on any atom is -0.359 e. The predicted octanol–water partition coefficient (Wildman–Crippen LogP) is 1.77. The van der Waals surface area contributed by atoms with E-state index >= 15 is 0 Å². The molecule has 1 aliphatic heterocycles. The lowest BCUT2D eigenvalue weighted by Crippen LogP contribution is -2.43. The summed E-state index contributed by atoms with van der Waals surface area (Å²) in [5.74, 6) is 0.306. The number of carbonyl (C=O) groups excluding carboxylic acids is 1. The Morgan fingerprint density at radius 2 is 1.81 bits per heavy atom. The molecule has 2 aromatic rings. The van der Waals surface area contributed by atoms with Gasteiger partial charge in [-0.2, -0.15) is 0 Å². The highest BCUT2D eigenvalue weighted by Crippen LogP contribution is 2.14. The first-order valence-electron chi connectivity index (χ1n) is 8.75. The SMILES string of the molecule is CN(CCc1ccc(F)cc1)c1ccc(C(=O)N2CCS(=O)(=O)CC2)cn1. The van der Waals surface area contributed by atoms with Crippen molar-refractivity contribution in [1.29, 1.82) is 0 Å². The Hall–Kier alpha value is -2.48. The third-order valence-corrected chi connectivity index (χ3v) is 6.28. The van der Waals surface area contributed by atoms with Crippen molar-refractivity contribution in [3.63, 3.8) is 0 Å². The molecule has 0 unspecified atom stereocenters. The van der Waals surface area contributed by atoms with E-state index in [-0.39, 0.29) is 36.3 Å². The molecule has 1 aromatic carbocycles. The first-order chi connectivity index (χ1) is 12.8. The highest BCUT2D eigenvalue weighted by atomic mass is 32.2. The maximum Gasteiger partial charge on any atom is 0.255 e. The monoisotopic (exact) mass is 391 g/mol. The van der Waals surface area contributed by atoms with Gasteiger partial charge in [0.15, 0.2) is 9.84 Å². The molecule has 1 aromatic heterocycles. The number of nitrogens with zero attached hydrogens (tertiary/aromatic N) is 3. The van der Waals surface area contributed by atoms with E-state index in [0.29, 0.717) is 12.1 Å². The van der Waals surface area contributed by atoms with E-state index in [2.05, 4.69) is 4.98 Å². The van der Waals surface area contributed by atoms with Gasteiger partial charge in [-0.25, -0.2) is 17.8 Å². The Kier molecular flexibility index (Phi) is 5.74. The second kappa shape index (κ2) is 8.04. The molecule has 1 saturated heterocycles. The van der Waals surface area contributed by atoms with Crippen LogP contribution in [0.15, 0.2) is 42.6 Å². The second-order valence-corrected chi connectivity index (χ2v) is 8.95. The van der Waals surface area contributed by atoms with E-state index in [1.165, 1.54) is 18.3 Å². The van der Waals surface area contributed by atoms with Gasteiger partial charge in [0.2, 0.25) is 0 Å². The first-order valence-corrected chi connectivity index (χ1v) is 10.6. The zero-order chi connectivity index (χ0) is 19.4. The molecule has 6 nitrogen and oxygen atoms in total. The summed E-state index contributed by atoms with van der Waals surface area (Å²) in [6.45, 7) is 1.15. The van der Waals surface area contributed by atoms with Crippen molar-refractivity contribution in [3.05, 3.63) is 59.5 Å². The topological polar surface area (TPSA) is 70.6 Å². The number of halogens is 1. The van der Waals surface area contributed by atoms with Crippen LogP contribution in [-0.2, 0) is 16.3 Å². The lowest BCUT2D eigenvalue weighted by atomic mass is 10.1. The molecule has 2 heterocycles. The number of benzene rings is 1. The van der Waals surface area contributed by atoms with Crippen LogP contribution in [0.5, 0.6) is 0 Å². The third kappa shape index (κ3) is 5.03. The number of hydrogen-bond acceptors (Lipinski definition) is 5. The van der Waals surface area contributed by atoms with Crippen molar-refractivity contribution in [2.75, 3.05) is 43.1 Å². The van der Waals surface area contributed by atoms with E-state index in [1.54, 1.807) is 29.2 Å². The van der Waals surface area contributed by atoms with E-state index in [0.717, 1.165) is 17.8 Å². The van der Waals surface area contributed by atoms with Crippen LogP contribution in [0.2, 0.25) is 0 Å². The van der Waals surface area contributed by atoms with Gasteiger partial charge in [-0.05, 0) is 36.2 Å². The summed E-state index contributed by atoms with van der Waals surface area (Å²) in [6.07, 6.45) is 2.27. The van der Waals surface area contributed by atoms with Crippen molar-refractivity contribution < 1.29 is 17.6 Å². The number of amides is 1. The summed E-state index contributed by atoms with van der Waals surface area (Å²) in [7, 11) is -1.11. The Morgan fingerprint density at radius 3 is 2.41 bits per heavy atom. The fourth-order valence-corrected chi connectivity index (χ4v) is 4.10. The van der Waals surface area contributed by atoms with Gasteiger partial charge < -0.3 is 9.80 Å². The van der Waals surface area contributed by atoms with Crippen molar-refractivity contribution in [1.82, 2.24) is 9.88 Å². The largest absolute Gasteiger partial charge is 0.359 e. The van der Waals surface area contributed by atoms with E-state index in [4.69, 9.17) is 0 Å². The average Bonchev–Trinajstić information content (AvgIpc) is 2.67. The van der Waals surface area contributed by atoms with Gasteiger partial charge in [0.25, 0.3) is 5.91 Å². The molecule has 0 spiro atoms. The maximum atomic E-state index is 12.9. The second-order valence-electron chi connectivity index (χ2n) is 6.65. The highest BCUT2D eigenvalue weighted by Gasteiger charge is 2.25. The minimum atomic E-state index is -3.02. The molecule has 1 fully saturated rings. The van der Waals surface area contributed by atoms with Crippen LogP contribution >= 0.6 is 0 Å². The van der Waals surface area contributed by atoms with Gasteiger partial charge in [-0.15, -0.1) is 0 Å². The number of rotatable bonds is 5. The third-order valence-electron chi connectivity index (χ3n) is 4.67. The van der Waals surface area contributed by atoms with E-state index in [9.17, 15) is 17.6 Å². The number of hydrogen-bond donors (Lipinski definition) is 0. The Bertz CT molecular complexity index is 885. The summed E-state index contributed by atoms with van der Waals surface area (Å²) in [4.78, 5) is 20.3. The van der Waals surface area contributed by atoms with Gasteiger partial charge in [-0.3, -0.25) is 4.79 Å². The lowest BCUT2D eigenvalue weighted by Gasteiger charge is -2.26. The number of carbonyl (C=O) groups is 1. The number of anilines is 1. The van der Waals surface area contributed by atoms with Gasteiger partial charge in [0, 0.05) is 32.9 Å². The molecule has 0 atom stereocenters. The van der Waals surface area contributed by atoms with Gasteiger partial charge in [0.1, 0.15) is 11.6 Å². The number of pyridine rings is 1. The van der Waals surface area contributed by atoms with Crippen LogP contribution in [0, 0.1) is 5.82 Å². The molecule has 0 aliphatic carbocycles. The van der Waals surface area contributed by atoms with Crippen LogP contribution in [0.4, 0.5) is 10.2 Å². The molecular formula is C19H22FN3O3S. The van der Waals surface area contributed by atoms with Crippen LogP contribution < -0.4 is 4.90 Å². The standard InChI is InChI=1S/C19H22FN3O3S/c1-22(9-8-15-2-5-17(20)6-3-15)18-7-4-16(14-21-18)19(24)23-10-12-27(25,26)13-11-23/h2-7,14H,8-13H2,1H3. The summed E-state index contributed by atoms with van der Waals surface area (Å²) in [5.41, 5.74) is 1.49. The fraction of sp³-hybridized carbons (Fsp3) is 0.368. The van der Waals surface area contributed by atoms with Crippen molar-refractivity contribution in [2.45, 2.75) is 6.42 Å². The Morgan fingerprint density at radius 1 is 1.15 bits per heavy atom. The minimum absolute atomic E-state index is 0.0103. The fourth-order valence-electron chi connectivity index (χ4n) is 2.90. The number of aromatic nitrogens is 1. The number of likely N-dealkylation sites (N-methyl/N-ethyl adjacent to an activating group) is 1. The highest BCUT2D eigenvalue weighted by molar-refractivity contribution is 7.91. The average molecular weight is 391 g/mol. The zero-order valence-electron chi connectivity index (χ0n) is 15.1. The molecule has 1 amide bonds. The van der Waals surface area contributed by atoms with Crippen LogP contribution in [0.1, 0.15) is 15.9 Å². The molecule has 27 heavy (non-hydrogen) atoms. The predicted molar refractivity (Wildman–Crippen MR) is 102 cm³/mol.